The summed E-state index contributed by atoms with van der Waals surface area (Å²) in [6, 6.07) is 0.945. The molecule has 0 spiro atoms. The Morgan fingerprint density at radius 2 is 1.46 bits per heavy atom. The summed E-state index contributed by atoms with van der Waals surface area (Å²) >= 11 is 0. The highest BCUT2D eigenvalue weighted by atomic mass is 35.5. The van der Waals surface area contributed by atoms with Gasteiger partial charge in [-0.05, 0) is 51.4 Å². The molecular weight excluding hydrogens is 352 g/mol. The fourth-order valence-corrected chi connectivity index (χ4v) is 3.84. The number of rotatable bonds is 8. The molecule has 26 heavy (non-hydrogen) atoms. The van der Waals surface area contributed by atoms with Gasteiger partial charge in [-0.3, -0.25) is 4.79 Å². The van der Waals surface area contributed by atoms with Crippen molar-refractivity contribution in [3.63, 3.8) is 0 Å². The third kappa shape index (κ3) is 9.62. The van der Waals surface area contributed by atoms with Crippen molar-refractivity contribution in [2.45, 2.75) is 102 Å². The summed E-state index contributed by atoms with van der Waals surface area (Å²) in [5.41, 5.74) is 5.88. The van der Waals surface area contributed by atoms with Gasteiger partial charge in [0.05, 0.1) is 0 Å². The van der Waals surface area contributed by atoms with Crippen LogP contribution in [0.5, 0.6) is 0 Å². The van der Waals surface area contributed by atoms with Crippen molar-refractivity contribution in [1.82, 2.24) is 16.0 Å². The Balaban J connectivity index is 0.00000338. The smallest absolute Gasteiger partial charge is 0.315 e. The lowest BCUT2D eigenvalue weighted by molar-refractivity contribution is -0.122. The van der Waals surface area contributed by atoms with E-state index in [0.717, 1.165) is 57.8 Å². The molecule has 2 rings (SSSR count). The number of nitrogens with one attached hydrogen (secondary N) is 3. The lowest BCUT2D eigenvalue weighted by Gasteiger charge is -2.26. The molecule has 0 heterocycles. The Morgan fingerprint density at radius 1 is 0.808 bits per heavy atom. The molecule has 3 amide bonds. The van der Waals surface area contributed by atoms with Crippen LogP contribution < -0.4 is 21.7 Å². The molecule has 2 fully saturated rings. The SMILES string of the molecule is Cl.NC1CCC(NC(=O)CCCCCNC(=O)NC2CCCCC2)CC1. The van der Waals surface area contributed by atoms with Gasteiger partial charge < -0.3 is 21.7 Å². The largest absolute Gasteiger partial charge is 0.353 e. The summed E-state index contributed by atoms with van der Waals surface area (Å²) in [6.45, 7) is 0.681. The second-order valence-electron chi connectivity index (χ2n) is 7.73. The fourth-order valence-electron chi connectivity index (χ4n) is 3.84. The van der Waals surface area contributed by atoms with Crippen molar-refractivity contribution in [1.29, 1.82) is 0 Å². The summed E-state index contributed by atoms with van der Waals surface area (Å²) in [4.78, 5) is 23.7. The lowest BCUT2D eigenvalue weighted by atomic mass is 9.92. The number of urea groups is 1. The van der Waals surface area contributed by atoms with Gasteiger partial charge in [-0.2, -0.15) is 0 Å². The second-order valence-corrected chi connectivity index (χ2v) is 7.73. The van der Waals surface area contributed by atoms with Gasteiger partial charge in [-0.15, -0.1) is 12.4 Å². The Labute approximate surface area is 164 Å². The normalized spacial score (nSPS) is 23.6. The summed E-state index contributed by atoms with van der Waals surface area (Å²) in [6.07, 6.45) is 13.3. The van der Waals surface area contributed by atoms with Crippen LogP contribution in [-0.2, 0) is 4.79 Å². The van der Waals surface area contributed by atoms with Crippen molar-refractivity contribution in [2.75, 3.05) is 6.54 Å². The minimum atomic E-state index is -0.0415. The standard InChI is InChI=1S/C19H36N4O2.ClH/c20-15-10-12-17(13-11-15)22-18(24)9-5-2-6-14-21-19(25)23-16-7-3-1-4-8-16;/h15-17H,1-14,20H2,(H,22,24)(H2,21,23,25);1H. The molecule has 0 aromatic rings. The minimum Gasteiger partial charge on any atom is -0.353 e. The van der Waals surface area contributed by atoms with E-state index < -0.39 is 0 Å². The Hall–Kier alpha value is -1.01. The van der Waals surface area contributed by atoms with E-state index in [-0.39, 0.29) is 24.3 Å². The number of hydrogen-bond donors (Lipinski definition) is 4. The average molecular weight is 389 g/mol. The molecule has 0 radical (unpaired) electrons. The number of carbonyl (C=O) groups is 2. The first-order valence-corrected chi connectivity index (χ1v) is 10.2. The molecule has 0 aromatic heterocycles. The van der Waals surface area contributed by atoms with Crippen molar-refractivity contribution < 1.29 is 9.59 Å². The third-order valence-corrected chi connectivity index (χ3v) is 5.44. The predicted octanol–water partition coefficient (Wildman–Crippen LogP) is 2.99. The zero-order chi connectivity index (χ0) is 17.9. The Morgan fingerprint density at radius 3 is 2.15 bits per heavy atom. The number of halogens is 1. The van der Waals surface area contributed by atoms with Gasteiger partial charge in [0.2, 0.25) is 5.91 Å². The van der Waals surface area contributed by atoms with Crippen molar-refractivity contribution in [2.24, 2.45) is 5.73 Å². The summed E-state index contributed by atoms with van der Waals surface area (Å²) in [7, 11) is 0. The zero-order valence-corrected chi connectivity index (χ0v) is 16.8. The Bertz CT molecular complexity index is 408. The van der Waals surface area contributed by atoms with Gasteiger partial charge >= 0.3 is 6.03 Å². The van der Waals surface area contributed by atoms with Crippen molar-refractivity contribution >= 4 is 24.3 Å². The maximum absolute atomic E-state index is 11.9. The van der Waals surface area contributed by atoms with Crippen LogP contribution in [0, 0.1) is 0 Å². The number of carbonyl (C=O) groups excluding carboxylic acids is 2. The number of amides is 3. The van der Waals surface area contributed by atoms with Gasteiger partial charge in [0.25, 0.3) is 0 Å². The zero-order valence-electron chi connectivity index (χ0n) is 15.9. The van der Waals surface area contributed by atoms with Crippen LogP contribution in [0.4, 0.5) is 4.79 Å². The van der Waals surface area contributed by atoms with E-state index in [9.17, 15) is 9.59 Å². The molecular formula is C19H37ClN4O2. The monoisotopic (exact) mass is 388 g/mol. The van der Waals surface area contributed by atoms with E-state index in [4.69, 9.17) is 5.73 Å². The van der Waals surface area contributed by atoms with Crippen LogP contribution in [0.1, 0.15) is 83.5 Å². The molecule has 2 saturated carbocycles. The molecule has 0 saturated heterocycles. The minimum absolute atomic E-state index is 0. The summed E-state index contributed by atoms with van der Waals surface area (Å²) in [5.74, 6) is 0.156. The maximum Gasteiger partial charge on any atom is 0.315 e. The van der Waals surface area contributed by atoms with Crippen LogP contribution in [0.3, 0.4) is 0 Å². The number of unbranched alkanes of at least 4 members (excludes halogenated alkanes) is 2. The highest BCUT2D eigenvalue weighted by Gasteiger charge is 2.19. The van der Waals surface area contributed by atoms with Crippen LogP contribution >= 0.6 is 12.4 Å². The third-order valence-electron chi connectivity index (χ3n) is 5.44. The van der Waals surface area contributed by atoms with Crippen molar-refractivity contribution in [3.8, 4) is 0 Å². The lowest BCUT2D eigenvalue weighted by Crippen LogP contribution is -2.43. The van der Waals surface area contributed by atoms with Gasteiger partial charge in [-0.25, -0.2) is 4.79 Å². The first kappa shape index (κ1) is 23.0. The topological polar surface area (TPSA) is 96.2 Å². The van der Waals surface area contributed by atoms with E-state index in [1.54, 1.807) is 0 Å². The van der Waals surface area contributed by atoms with Crippen LogP contribution in [0.25, 0.3) is 0 Å². The molecule has 0 unspecified atom stereocenters. The molecule has 2 aliphatic rings. The highest BCUT2D eigenvalue weighted by molar-refractivity contribution is 5.85. The molecule has 5 N–H and O–H groups in total. The molecule has 2 aliphatic carbocycles. The number of hydrogen-bond acceptors (Lipinski definition) is 3. The van der Waals surface area contributed by atoms with E-state index in [2.05, 4.69) is 16.0 Å². The van der Waals surface area contributed by atoms with Gasteiger partial charge in [0.1, 0.15) is 0 Å². The molecule has 152 valence electrons. The van der Waals surface area contributed by atoms with E-state index in [1.165, 1.54) is 19.3 Å². The fraction of sp³-hybridized carbons (Fsp3) is 0.895. The molecule has 7 heteroatoms. The van der Waals surface area contributed by atoms with Gasteiger partial charge in [0.15, 0.2) is 0 Å². The molecule has 0 aromatic carbocycles. The molecule has 0 bridgehead atoms. The second kappa shape index (κ2) is 13.2. The molecule has 0 aliphatic heterocycles. The average Bonchev–Trinajstić information content (AvgIpc) is 2.61. The Kier molecular flexibility index (Phi) is 11.7. The van der Waals surface area contributed by atoms with Gasteiger partial charge in [-0.1, -0.05) is 25.7 Å². The van der Waals surface area contributed by atoms with Crippen LogP contribution in [0.2, 0.25) is 0 Å². The predicted molar refractivity (Wildman–Crippen MR) is 107 cm³/mol. The van der Waals surface area contributed by atoms with Gasteiger partial charge in [0, 0.05) is 31.1 Å². The highest BCUT2D eigenvalue weighted by Crippen LogP contribution is 2.18. The summed E-state index contributed by atoms with van der Waals surface area (Å²) < 4.78 is 0. The van der Waals surface area contributed by atoms with E-state index in [0.29, 0.717) is 31.1 Å². The first-order chi connectivity index (χ1) is 12.1. The van der Waals surface area contributed by atoms with E-state index >= 15 is 0 Å². The maximum atomic E-state index is 11.9. The van der Waals surface area contributed by atoms with Crippen LogP contribution in [-0.4, -0.2) is 36.6 Å². The number of nitrogens with two attached hydrogens (primary N) is 1. The molecule has 0 atom stereocenters. The van der Waals surface area contributed by atoms with Crippen LogP contribution in [0.15, 0.2) is 0 Å². The van der Waals surface area contributed by atoms with E-state index in [1.807, 2.05) is 0 Å². The quantitative estimate of drug-likeness (QED) is 0.481. The summed E-state index contributed by atoms with van der Waals surface area (Å²) in [5, 5.41) is 9.10. The van der Waals surface area contributed by atoms with Crippen molar-refractivity contribution in [3.05, 3.63) is 0 Å². The molecule has 6 nitrogen and oxygen atoms in total. The first-order valence-electron chi connectivity index (χ1n) is 10.2.